The van der Waals surface area contributed by atoms with Gasteiger partial charge >= 0.3 is 0 Å². The molecule has 3 heteroatoms. The molecule has 2 nitrogen and oxygen atoms in total. The minimum absolute atomic E-state index is 0. The van der Waals surface area contributed by atoms with Crippen molar-refractivity contribution in [1.29, 1.82) is 0 Å². The molecule has 1 aromatic rings. The molecule has 0 unspecified atom stereocenters. The first-order valence-electron chi connectivity index (χ1n) is 4.01. The van der Waals surface area contributed by atoms with Crippen LogP contribution in [0.15, 0.2) is 24.5 Å². The SMILES string of the molecule is Cl.NC1(c2cccnc2)CCC1. The van der Waals surface area contributed by atoms with Crippen LogP contribution in [0.4, 0.5) is 0 Å². The summed E-state index contributed by atoms with van der Waals surface area (Å²) in [5.41, 5.74) is 7.22. The Balaban J connectivity index is 0.000000720. The molecule has 0 spiro atoms. The lowest BCUT2D eigenvalue weighted by molar-refractivity contribution is 0.253. The van der Waals surface area contributed by atoms with Gasteiger partial charge in [0.2, 0.25) is 0 Å². The maximum absolute atomic E-state index is 6.08. The third-order valence-electron chi connectivity index (χ3n) is 2.48. The number of nitrogens with two attached hydrogens (primary N) is 1. The lowest BCUT2D eigenvalue weighted by atomic mass is 9.73. The van der Waals surface area contributed by atoms with Crippen LogP contribution in [0.3, 0.4) is 0 Å². The van der Waals surface area contributed by atoms with Gasteiger partial charge in [0.25, 0.3) is 0 Å². The quantitative estimate of drug-likeness (QED) is 0.724. The van der Waals surface area contributed by atoms with E-state index in [0.717, 1.165) is 12.8 Å². The number of hydrogen-bond acceptors (Lipinski definition) is 2. The summed E-state index contributed by atoms with van der Waals surface area (Å²) in [6.45, 7) is 0. The van der Waals surface area contributed by atoms with Gasteiger partial charge in [-0.3, -0.25) is 4.98 Å². The van der Waals surface area contributed by atoms with Gasteiger partial charge in [-0.15, -0.1) is 12.4 Å². The molecule has 0 saturated heterocycles. The molecule has 0 atom stereocenters. The van der Waals surface area contributed by atoms with E-state index >= 15 is 0 Å². The largest absolute Gasteiger partial charge is 0.321 e. The number of aromatic nitrogens is 1. The number of hydrogen-bond donors (Lipinski definition) is 1. The zero-order valence-corrected chi connectivity index (χ0v) is 7.68. The van der Waals surface area contributed by atoms with Crippen molar-refractivity contribution in [2.75, 3.05) is 0 Å². The second-order valence-electron chi connectivity index (χ2n) is 3.25. The van der Waals surface area contributed by atoms with Crippen LogP contribution in [0.2, 0.25) is 0 Å². The minimum Gasteiger partial charge on any atom is -0.321 e. The van der Waals surface area contributed by atoms with Crippen molar-refractivity contribution in [2.24, 2.45) is 5.73 Å². The Bertz CT molecular complexity index is 244. The monoisotopic (exact) mass is 184 g/mol. The second-order valence-corrected chi connectivity index (χ2v) is 3.25. The number of rotatable bonds is 1. The van der Waals surface area contributed by atoms with Crippen molar-refractivity contribution >= 4 is 12.4 Å². The van der Waals surface area contributed by atoms with Crippen molar-refractivity contribution in [3.05, 3.63) is 30.1 Å². The number of nitrogens with zero attached hydrogens (tertiary/aromatic N) is 1. The zero-order chi connectivity index (χ0) is 7.73. The second kappa shape index (κ2) is 3.42. The van der Waals surface area contributed by atoms with E-state index in [0.29, 0.717) is 0 Å². The standard InChI is InChI=1S/C9H12N2.ClH/c10-9(4-2-5-9)8-3-1-6-11-7-8;/h1,3,6-7H,2,4-5,10H2;1H. The van der Waals surface area contributed by atoms with E-state index in [1.807, 2.05) is 12.3 Å². The highest BCUT2D eigenvalue weighted by molar-refractivity contribution is 5.85. The van der Waals surface area contributed by atoms with Gasteiger partial charge in [0.05, 0.1) is 0 Å². The molecular weight excluding hydrogens is 172 g/mol. The van der Waals surface area contributed by atoms with Crippen molar-refractivity contribution in [3.8, 4) is 0 Å². The molecule has 0 amide bonds. The van der Waals surface area contributed by atoms with Crippen LogP contribution in [0.25, 0.3) is 0 Å². The molecule has 1 fully saturated rings. The Morgan fingerprint density at radius 1 is 1.42 bits per heavy atom. The molecule has 0 aromatic carbocycles. The summed E-state index contributed by atoms with van der Waals surface area (Å²) >= 11 is 0. The van der Waals surface area contributed by atoms with Gasteiger partial charge in [-0.2, -0.15) is 0 Å². The van der Waals surface area contributed by atoms with Gasteiger partial charge < -0.3 is 5.73 Å². The van der Waals surface area contributed by atoms with Crippen LogP contribution in [0.1, 0.15) is 24.8 Å². The van der Waals surface area contributed by atoms with E-state index in [-0.39, 0.29) is 17.9 Å². The van der Waals surface area contributed by atoms with Crippen molar-refractivity contribution in [3.63, 3.8) is 0 Å². The molecule has 0 bridgehead atoms. The molecule has 2 rings (SSSR count). The van der Waals surface area contributed by atoms with Gasteiger partial charge in [0.1, 0.15) is 0 Å². The van der Waals surface area contributed by atoms with E-state index in [9.17, 15) is 0 Å². The molecule has 0 radical (unpaired) electrons. The van der Waals surface area contributed by atoms with Gasteiger partial charge in [-0.05, 0) is 30.9 Å². The van der Waals surface area contributed by atoms with Crippen molar-refractivity contribution < 1.29 is 0 Å². The Morgan fingerprint density at radius 2 is 2.17 bits per heavy atom. The molecule has 1 aliphatic rings. The lowest BCUT2D eigenvalue weighted by Gasteiger charge is -2.38. The van der Waals surface area contributed by atoms with E-state index in [4.69, 9.17) is 5.73 Å². The molecular formula is C9H13ClN2. The maximum atomic E-state index is 6.08. The highest BCUT2D eigenvalue weighted by Gasteiger charge is 2.34. The first kappa shape index (κ1) is 9.49. The molecule has 1 heterocycles. The van der Waals surface area contributed by atoms with Gasteiger partial charge in [0, 0.05) is 17.9 Å². The first-order chi connectivity index (χ1) is 5.31. The molecule has 66 valence electrons. The third-order valence-corrected chi connectivity index (χ3v) is 2.48. The number of halogens is 1. The van der Waals surface area contributed by atoms with Gasteiger partial charge in [0.15, 0.2) is 0 Å². The van der Waals surface area contributed by atoms with Crippen LogP contribution in [0, 0.1) is 0 Å². The summed E-state index contributed by atoms with van der Waals surface area (Å²) < 4.78 is 0. The van der Waals surface area contributed by atoms with E-state index in [1.165, 1.54) is 12.0 Å². The average Bonchev–Trinajstić information content (AvgIpc) is 2.02. The predicted molar refractivity (Wildman–Crippen MR) is 51.2 cm³/mol. The smallest absolute Gasteiger partial charge is 0.0425 e. The molecule has 2 N–H and O–H groups in total. The summed E-state index contributed by atoms with van der Waals surface area (Å²) in [5.74, 6) is 0. The fourth-order valence-corrected chi connectivity index (χ4v) is 1.50. The average molecular weight is 185 g/mol. The lowest BCUT2D eigenvalue weighted by Crippen LogP contribution is -2.43. The van der Waals surface area contributed by atoms with Crippen LogP contribution < -0.4 is 5.73 Å². The Labute approximate surface area is 78.6 Å². The van der Waals surface area contributed by atoms with E-state index in [1.54, 1.807) is 6.20 Å². The van der Waals surface area contributed by atoms with Crippen LogP contribution in [0.5, 0.6) is 0 Å². The molecule has 1 saturated carbocycles. The fourth-order valence-electron chi connectivity index (χ4n) is 1.50. The molecule has 1 aromatic heterocycles. The zero-order valence-electron chi connectivity index (χ0n) is 6.86. The highest BCUT2D eigenvalue weighted by Crippen LogP contribution is 2.37. The van der Waals surface area contributed by atoms with E-state index < -0.39 is 0 Å². The normalized spacial score (nSPS) is 19.1. The highest BCUT2D eigenvalue weighted by atomic mass is 35.5. The van der Waals surface area contributed by atoms with E-state index in [2.05, 4.69) is 11.1 Å². The molecule has 0 aliphatic heterocycles. The summed E-state index contributed by atoms with van der Waals surface area (Å²) in [7, 11) is 0. The summed E-state index contributed by atoms with van der Waals surface area (Å²) in [6, 6.07) is 4.01. The minimum atomic E-state index is -0.0474. The first-order valence-corrected chi connectivity index (χ1v) is 4.01. The Kier molecular flexibility index (Phi) is 2.70. The van der Waals surface area contributed by atoms with Crippen molar-refractivity contribution in [1.82, 2.24) is 4.98 Å². The van der Waals surface area contributed by atoms with Crippen LogP contribution >= 0.6 is 12.4 Å². The molecule has 12 heavy (non-hydrogen) atoms. The maximum Gasteiger partial charge on any atom is 0.0425 e. The fraction of sp³-hybridized carbons (Fsp3) is 0.444. The third kappa shape index (κ3) is 1.45. The van der Waals surface area contributed by atoms with Crippen LogP contribution in [-0.4, -0.2) is 4.98 Å². The van der Waals surface area contributed by atoms with Crippen molar-refractivity contribution in [2.45, 2.75) is 24.8 Å². The topological polar surface area (TPSA) is 38.9 Å². The number of pyridine rings is 1. The van der Waals surface area contributed by atoms with Gasteiger partial charge in [-0.25, -0.2) is 0 Å². The van der Waals surface area contributed by atoms with Gasteiger partial charge in [-0.1, -0.05) is 6.07 Å². The summed E-state index contributed by atoms with van der Waals surface area (Å²) in [6.07, 6.45) is 7.13. The molecule has 1 aliphatic carbocycles. The Morgan fingerprint density at radius 3 is 2.58 bits per heavy atom. The Hall–Kier alpha value is -0.600. The van der Waals surface area contributed by atoms with Crippen LogP contribution in [-0.2, 0) is 5.54 Å². The summed E-state index contributed by atoms with van der Waals surface area (Å²) in [5, 5.41) is 0. The predicted octanol–water partition coefficient (Wildman–Crippen LogP) is 1.84. The summed E-state index contributed by atoms with van der Waals surface area (Å²) in [4.78, 5) is 4.05.